The molecule has 0 unspecified atom stereocenters. The van der Waals surface area contributed by atoms with E-state index < -0.39 is 6.40 Å². The zero-order valence-corrected chi connectivity index (χ0v) is 15.5. The van der Waals surface area contributed by atoms with Gasteiger partial charge in [-0.25, -0.2) is 0 Å². The van der Waals surface area contributed by atoms with Crippen molar-refractivity contribution in [2.75, 3.05) is 0 Å². The molecule has 0 aliphatic carbocycles. The van der Waals surface area contributed by atoms with Crippen LogP contribution in [0.15, 0.2) is 77.7 Å². The average molecular weight is 348 g/mol. The van der Waals surface area contributed by atoms with E-state index in [4.69, 9.17) is 9.31 Å². The topological polar surface area (TPSA) is 18.5 Å². The molecule has 0 radical (unpaired) electrons. The third-order valence-corrected chi connectivity index (χ3v) is 4.69. The van der Waals surface area contributed by atoms with E-state index in [1.807, 2.05) is 48.5 Å². The largest absolute Gasteiger partial charge is 0.676 e. The highest BCUT2D eigenvalue weighted by Crippen LogP contribution is 2.26. The first kappa shape index (κ1) is 17.5. The van der Waals surface area contributed by atoms with Gasteiger partial charge in [0.1, 0.15) is 11.5 Å². The Balaban J connectivity index is 1.77. The highest BCUT2D eigenvalue weighted by molar-refractivity contribution is 8.24. The van der Waals surface area contributed by atoms with E-state index in [1.165, 1.54) is 16.7 Å². The van der Waals surface area contributed by atoms with Crippen LogP contribution in [0.4, 0.5) is 0 Å². The lowest BCUT2D eigenvalue weighted by molar-refractivity contribution is 0.450. The molecule has 0 saturated heterocycles. The fourth-order valence-corrected chi connectivity index (χ4v) is 3.09. The van der Waals surface area contributed by atoms with Crippen LogP contribution in [-0.4, -0.2) is 6.40 Å². The van der Waals surface area contributed by atoms with Crippen molar-refractivity contribution < 1.29 is 9.31 Å². The third kappa shape index (κ3) is 5.33. The van der Waals surface area contributed by atoms with Crippen LogP contribution in [0.3, 0.4) is 0 Å². The van der Waals surface area contributed by atoms with Crippen molar-refractivity contribution in [2.24, 2.45) is 0 Å². The molecule has 3 aromatic carbocycles. The van der Waals surface area contributed by atoms with Crippen molar-refractivity contribution >= 4 is 18.0 Å². The van der Waals surface area contributed by atoms with Crippen LogP contribution < -0.4 is 9.31 Å². The number of rotatable bonds is 6. The van der Waals surface area contributed by atoms with Gasteiger partial charge in [0.25, 0.3) is 0 Å². The highest BCUT2D eigenvalue weighted by atomic mass is 32.2. The quantitative estimate of drug-likeness (QED) is 0.521. The summed E-state index contributed by atoms with van der Waals surface area (Å²) in [7, 11) is 0. The van der Waals surface area contributed by atoms with Crippen LogP contribution in [0.25, 0.3) is 0 Å². The van der Waals surface area contributed by atoms with Gasteiger partial charge in [-0.15, -0.1) is 0 Å². The normalized spacial score (nSPS) is 10.4. The Bertz CT molecular complexity index is 686. The number of benzene rings is 3. The van der Waals surface area contributed by atoms with Gasteiger partial charge in [0.15, 0.2) is 0 Å². The Morgan fingerprint density at radius 1 is 0.560 bits per heavy atom. The summed E-state index contributed by atoms with van der Waals surface area (Å²) in [6, 6.07) is 24.4. The second-order valence-corrected chi connectivity index (χ2v) is 7.17. The zero-order chi connectivity index (χ0) is 17.6. The molecule has 0 amide bonds. The SMILES string of the molecule is Cc1ccc(OB(Oc2ccc(C)cc2)Sc2ccc(C)cc2)cc1. The Hall–Kier alpha value is -2.33. The molecule has 126 valence electrons. The molecule has 0 N–H and O–H groups in total. The molecule has 0 saturated carbocycles. The first-order valence-corrected chi connectivity index (χ1v) is 9.16. The van der Waals surface area contributed by atoms with Crippen molar-refractivity contribution in [3.63, 3.8) is 0 Å². The van der Waals surface area contributed by atoms with Crippen LogP contribution in [0.2, 0.25) is 0 Å². The van der Waals surface area contributed by atoms with Gasteiger partial charge >= 0.3 is 6.40 Å². The van der Waals surface area contributed by atoms with Crippen LogP contribution in [0, 0.1) is 20.8 Å². The van der Waals surface area contributed by atoms with Gasteiger partial charge in [-0.3, -0.25) is 0 Å². The van der Waals surface area contributed by atoms with E-state index in [-0.39, 0.29) is 0 Å². The van der Waals surface area contributed by atoms with Crippen molar-refractivity contribution in [1.29, 1.82) is 0 Å². The maximum Gasteiger partial charge on any atom is 0.676 e. The molecule has 25 heavy (non-hydrogen) atoms. The summed E-state index contributed by atoms with van der Waals surface area (Å²) in [5, 5.41) is 0. The summed E-state index contributed by atoms with van der Waals surface area (Å²) < 4.78 is 12.2. The first-order chi connectivity index (χ1) is 12.1. The second-order valence-electron chi connectivity index (χ2n) is 6.08. The average Bonchev–Trinajstić information content (AvgIpc) is 2.61. The van der Waals surface area contributed by atoms with E-state index in [0.29, 0.717) is 0 Å². The lowest BCUT2D eigenvalue weighted by atomic mass is 10.2. The monoisotopic (exact) mass is 348 g/mol. The van der Waals surface area contributed by atoms with Crippen LogP contribution >= 0.6 is 11.6 Å². The minimum absolute atomic E-state index is 0.465. The molecule has 0 aliphatic heterocycles. The van der Waals surface area contributed by atoms with E-state index in [9.17, 15) is 0 Å². The van der Waals surface area contributed by atoms with Crippen LogP contribution in [-0.2, 0) is 0 Å². The molecule has 4 heteroatoms. The molecule has 3 aromatic rings. The third-order valence-electron chi connectivity index (χ3n) is 3.76. The molecule has 2 nitrogen and oxygen atoms in total. The highest BCUT2D eigenvalue weighted by Gasteiger charge is 2.26. The molecular formula is C21H21BO2S. The summed E-state index contributed by atoms with van der Waals surface area (Å²) >= 11 is 1.55. The molecule has 0 aromatic heterocycles. The molecule has 0 fully saturated rings. The molecule has 3 rings (SSSR count). The minimum Gasteiger partial charge on any atom is -0.517 e. The van der Waals surface area contributed by atoms with E-state index >= 15 is 0 Å². The minimum atomic E-state index is -0.465. The van der Waals surface area contributed by atoms with Crippen molar-refractivity contribution in [1.82, 2.24) is 0 Å². The molecular weight excluding hydrogens is 327 g/mol. The number of hydrogen-bond acceptors (Lipinski definition) is 3. The van der Waals surface area contributed by atoms with E-state index in [1.54, 1.807) is 11.6 Å². The predicted molar refractivity (Wildman–Crippen MR) is 106 cm³/mol. The van der Waals surface area contributed by atoms with Gasteiger partial charge in [0, 0.05) is 4.90 Å². The Labute approximate surface area is 154 Å². The van der Waals surface area contributed by atoms with Crippen molar-refractivity contribution in [3.8, 4) is 11.5 Å². The summed E-state index contributed by atoms with van der Waals surface area (Å²) in [6.07, 6.45) is -0.465. The van der Waals surface area contributed by atoms with Gasteiger partial charge in [0.2, 0.25) is 0 Å². The van der Waals surface area contributed by atoms with Crippen molar-refractivity contribution in [3.05, 3.63) is 89.5 Å². The molecule has 0 atom stereocenters. The molecule has 0 bridgehead atoms. The summed E-state index contributed by atoms with van der Waals surface area (Å²) in [4.78, 5) is 1.11. The second kappa shape index (κ2) is 8.17. The fourth-order valence-electron chi connectivity index (χ4n) is 2.26. The lowest BCUT2D eigenvalue weighted by Crippen LogP contribution is -2.26. The zero-order valence-electron chi connectivity index (χ0n) is 14.7. The van der Waals surface area contributed by atoms with Gasteiger partial charge in [-0.1, -0.05) is 64.7 Å². The smallest absolute Gasteiger partial charge is 0.517 e. The first-order valence-electron chi connectivity index (χ1n) is 8.28. The van der Waals surface area contributed by atoms with Gasteiger partial charge in [-0.05, 0) is 57.2 Å². The number of aryl methyl sites for hydroxylation is 3. The summed E-state index contributed by atoms with van der Waals surface area (Å²) in [5.41, 5.74) is 3.64. The summed E-state index contributed by atoms with van der Waals surface area (Å²) in [5.74, 6) is 1.59. The van der Waals surface area contributed by atoms with E-state index in [2.05, 4.69) is 45.0 Å². The summed E-state index contributed by atoms with van der Waals surface area (Å²) in [6.45, 7) is 6.20. The Morgan fingerprint density at radius 3 is 1.32 bits per heavy atom. The van der Waals surface area contributed by atoms with Gasteiger partial charge in [0.05, 0.1) is 0 Å². The molecule has 0 aliphatic rings. The lowest BCUT2D eigenvalue weighted by Gasteiger charge is -2.16. The Kier molecular flexibility index (Phi) is 5.72. The van der Waals surface area contributed by atoms with Gasteiger partial charge < -0.3 is 9.31 Å². The molecule has 0 heterocycles. The maximum absolute atomic E-state index is 6.08. The molecule has 0 spiro atoms. The number of hydrogen-bond donors (Lipinski definition) is 0. The standard InChI is InChI=1S/C21H21BO2S/c1-16-4-10-19(11-5-16)23-22(24-20-12-6-17(2)7-13-20)25-21-14-8-18(3)9-15-21/h4-15H,1-3H3. The van der Waals surface area contributed by atoms with E-state index in [0.717, 1.165) is 16.4 Å². The predicted octanol–water partition coefficient (Wildman–Crippen LogP) is 5.85. The van der Waals surface area contributed by atoms with Gasteiger partial charge in [-0.2, -0.15) is 0 Å². The van der Waals surface area contributed by atoms with Crippen LogP contribution in [0.1, 0.15) is 16.7 Å². The van der Waals surface area contributed by atoms with Crippen molar-refractivity contribution in [2.45, 2.75) is 25.7 Å². The maximum atomic E-state index is 6.08. The van der Waals surface area contributed by atoms with Crippen LogP contribution in [0.5, 0.6) is 11.5 Å². The Morgan fingerprint density at radius 2 is 0.920 bits per heavy atom. The fraction of sp³-hybridized carbons (Fsp3) is 0.143.